The first-order chi connectivity index (χ1) is 15.0. The average molecular weight is 425 g/mol. The van der Waals surface area contributed by atoms with Crippen molar-refractivity contribution in [1.82, 2.24) is 10.2 Å². The fourth-order valence-corrected chi connectivity index (χ4v) is 4.53. The number of carbonyl (C=O) groups excluding carboxylic acids is 2. The predicted molar refractivity (Wildman–Crippen MR) is 122 cm³/mol. The number of fused-ring (bicyclic) bond motifs is 1. The lowest BCUT2D eigenvalue weighted by atomic mass is 9.92. The van der Waals surface area contributed by atoms with Gasteiger partial charge in [0.15, 0.2) is 0 Å². The summed E-state index contributed by atoms with van der Waals surface area (Å²) < 4.78 is 6.31. The molecule has 1 aromatic rings. The maximum atomic E-state index is 12.4. The molecule has 3 aliphatic rings. The van der Waals surface area contributed by atoms with E-state index < -0.39 is 0 Å². The Kier molecular flexibility index (Phi) is 6.30. The highest BCUT2D eigenvalue weighted by atomic mass is 16.5. The third-order valence-electron chi connectivity index (χ3n) is 6.38. The number of hydrogen-bond donors (Lipinski definition) is 2. The van der Waals surface area contributed by atoms with E-state index in [4.69, 9.17) is 10.1 Å². The predicted octanol–water partition coefficient (Wildman–Crippen LogP) is 3.12. The molecule has 7 nitrogen and oxygen atoms in total. The lowest BCUT2D eigenvalue weighted by Crippen LogP contribution is -2.41. The first kappa shape index (κ1) is 21.4. The van der Waals surface area contributed by atoms with Crippen molar-refractivity contribution in [2.24, 2.45) is 0 Å². The van der Waals surface area contributed by atoms with Crippen molar-refractivity contribution in [3.63, 3.8) is 0 Å². The van der Waals surface area contributed by atoms with Crippen LogP contribution >= 0.6 is 0 Å². The van der Waals surface area contributed by atoms with Crippen LogP contribution < -0.4 is 15.0 Å². The summed E-state index contributed by atoms with van der Waals surface area (Å²) in [5.41, 5.74) is 3.52. The zero-order valence-corrected chi connectivity index (χ0v) is 18.4. The molecule has 7 heteroatoms. The summed E-state index contributed by atoms with van der Waals surface area (Å²) in [5.74, 6) is 0.937. The van der Waals surface area contributed by atoms with Crippen molar-refractivity contribution < 1.29 is 14.3 Å². The quantitative estimate of drug-likeness (QED) is 0.628. The molecule has 0 radical (unpaired) electrons. The van der Waals surface area contributed by atoms with Crippen molar-refractivity contribution in [3.05, 3.63) is 29.5 Å². The second-order valence-corrected chi connectivity index (χ2v) is 8.73. The van der Waals surface area contributed by atoms with Gasteiger partial charge in [0.25, 0.3) is 0 Å². The molecule has 4 rings (SSSR count). The first-order valence-corrected chi connectivity index (χ1v) is 11.3. The minimum absolute atomic E-state index is 0.0213. The maximum Gasteiger partial charge on any atom is 0.224 e. The van der Waals surface area contributed by atoms with Crippen molar-refractivity contribution in [2.45, 2.75) is 64.5 Å². The molecule has 2 heterocycles. The molecule has 1 atom stereocenters. The highest BCUT2D eigenvalue weighted by Crippen LogP contribution is 2.41. The molecule has 0 spiro atoms. The molecule has 1 aromatic carbocycles. The van der Waals surface area contributed by atoms with Crippen molar-refractivity contribution in [2.75, 3.05) is 24.6 Å². The number of carbonyl (C=O) groups is 2. The van der Waals surface area contributed by atoms with Gasteiger partial charge in [0.1, 0.15) is 12.4 Å². The number of likely N-dealkylation sites (tertiary alicyclic amines) is 1. The van der Waals surface area contributed by atoms with Gasteiger partial charge < -0.3 is 25.3 Å². The van der Waals surface area contributed by atoms with Gasteiger partial charge in [-0.25, -0.2) is 0 Å². The molecular formula is C24H32N4O3. The maximum absolute atomic E-state index is 12.4. The summed E-state index contributed by atoms with van der Waals surface area (Å²) in [4.78, 5) is 28.0. The van der Waals surface area contributed by atoms with E-state index in [9.17, 15) is 9.59 Å². The van der Waals surface area contributed by atoms with E-state index in [-0.39, 0.29) is 17.9 Å². The van der Waals surface area contributed by atoms with Gasteiger partial charge >= 0.3 is 0 Å². The van der Waals surface area contributed by atoms with Gasteiger partial charge in [-0.3, -0.25) is 9.59 Å². The van der Waals surface area contributed by atoms with Crippen LogP contribution in [0.25, 0.3) is 5.57 Å². The molecule has 0 unspecified atom stereocenters. The zero-order valence-electron chi connectivity index (χ0n) is 18.4. The van der Waals surface area contributed by atoms with Crippen molar-refractivity contribution >= 4 is 29.3 Å². The largest absolute Gasteiger partial charge is 0.491 e. The highest BCUT2D eigenvalue weighted by Gasteiger charge is 2.30. The SMILES string of the molecule is CC(=O)N1c2ccc(/C(C=N)=C/NC3CC3)c(OCCN3CCCC3=O)c2CC[C@@H]1C. The van der Waals surface area contributed by atoms with Crippen molar-refractivity contribution in [3.8, 4) is 5.75 Å². The van der Waals surface area contributed by atoms with Gasteiger partial charge in [-0.2, -0.15) is 0 Å². The van der Waals surface area contributed by atoms with E-state index in [0.717, 1.165) is 66.8 Å². The van der Waals surface area contributed by atoms with Crippen LogP contribution in [0.4, 0.5) is 5.69 Å². The fourth-order valence-electron chi connectivity index (χ4n) is 4.53. The molecule has 1 aliphatic carbocycles. The minimum Gasteiger partial charge on any atom is -0.491 e. The molecule has 2 amide bonds. The Morgan fingerprint density at radius 1 is 1.29 bits per heavy atom. The number of amides is 2. The van der Waals surface area contributed by atoms with E-state index in [1.807, 2.05) is 28.1 Å². The Morgan fingerprint density at radius 3 is 2.74 bits per heavy atom. The van der Waals surface area contributed by atoms with E-state index in [1.165, 1.54) is 6.21 Å². The van der Waals surface area contributed by atoms with E-state index in [2.05, 4.69) is 12.2 Å². The van der Waals surface area contributed by atoms with Gasteiger partial charge in [0, 0.05) is 61.1 Å². The standard InChI is InChI=1S/C24H32N4O3/c1-16-5-8-21-22(28(16)17(2)29)10-9-20(18(14-25)15-26-19-6-7-19)24(21)31-13-12-27-11-3-4-23(27)30/h9-10,14-16,19,25-26H,3-8,11-13H2,1-2H3/b18-15+,25-14?/t16-/m0/s1. The summed E-state index contributed by atoms with van der Waals surface area (Å²) in [6.07, 6.45) is 8.76. The monoisotopic (exact) mass is 424 g/mol. The van der Waals surface area contributed by atoms with Crippen LogP contribution in [0.3, 0.4) is 0 Å². The average Bonchev–Trinajstić information content (AvgIpc) is 3.49. The summed E-state index contributed by atoms with van der Waals surface area (Å²) >= 11 is 0. The number of benzene rings is 1. The van der Waals surface area contributed by atoms with E-state index >= 15 is 0 Å². The van der Waals surface area contributed by atoms with Crippen LogP contribution in [0.15, 0.2) is 18.3 Å². The number of rotatable bonds is 8. The Morgan fingerprint density at radius 2 is 2.10 bits per heavy atom. The number of anilines is 1. The Balaban J connectivity index is 1.66. The molecule has 2 fully saturated rings. The van der Waals surface area contributed by atoms with Crippen LogP contribution in [0.5, 0.6) is 5.75 Å². The molecule has 2 N–H and O–H groups in total. The number of nitrogens with zero attached hydrogens (tertiary/aromatic N) is 2. The topological polar surface area (TPSA) is 85.7 Å². The lowest BCUT2D eigenvalue weighted by molar-refractivity contribution is -0.128. The molecule has 0 aromatic heterocycles. The van der Waals surface area contributed by atoms with Gasteiger partial charge in [0.2, 0.25) is 11.8 Å². The Hall–Kier alpha value is -2.83. The Labute approximate surface area is 183 Å². The summed E-state index contributed by atoms with van der Waals surface area (Å²) in [6, 6.07) is 4.56. The Bertz CT molecular complexity index is 906. The summed E-state index contributed by atoms with van der Waals surface area (Å²) in [5, 5.41) is 11.3. The number of hydrogen-bond acceptors (Lipinski definition) is 5. The fraction of sp³-hybridized carbons (Fsp3) is 0.542. The second kappa shape index (κ2) is 9.12. The van der Waals surface area contributed by atoms with Crippen LogP contribution in [0, 0.1) is 5.41 Å². The van der Waals surface area contributed by atoms with Crippen LogP contribution in [0.2, 0.25) is 0 Å². The molecule has 1 saturated heterocycles. The summed E-state index contributed by atoms with van der Waals surface area (Å²) in [6.45, 7) is 5.40. The van der Waals surface area contributed by atoms with E-state index in [0.29, 0.717) is 25.6 Å². The van der Waals surface area contributed by atoms with Crippen molar-refractivity contribution in [1.29, 1.82) is 5.41 Å². The molecule has 0 bridgehead atoms. The molecule has 31 heavy (non-hydrogen) atoms. The number of ether oxygens (including phenoxy) is 1. The van der Waals surface area contributed by atoms with Crippen LogP contribution in [-0.4, -0.2) is 54.7 Å². The minimum atomic E-state index is 0.0213. The molecule has 1 saturated carbocycles. The molecule has 2 aliphatic heterocycles. The van der Waals surface area contributed by atoms with Crippen LogP contribution in [0.1, 0.15) is 57.1 Å². The first-order valence-electron chi connectivity index (χ1n) is 11.3. The molecule has 166 valence electrons. The second-order valence-electron chi connectivity index (χ2n) is 8.73. The highest BCUT2D eigenvalue weighted by molar-refractivity contribution is 6.10. The van der Waals surface area contributed by atoms with Gasteiger partial charge in [-0.15, -0.1) is 0 Å². The third-order valence-corrected chi connectivity index (χ3v) is 6.38. The molecular weight excluding hydrogens is 392 g/mol. The van der Waals surface area contributed by atoms with Gasteiger partial charge in [-0.1, -0.05) is 0 Å². The number of allylic oxidation sites excluding steroid dienone is 1. The lowest BCUT2D eigenvalue weighted by Gasteiger charge is -2.36. The number of nitrogens with one attached hydrogen (secondary N) is 2. The smallest absolute Gasteiger partial charge is 0.224 e. The zero-order chi connectivity index (χ0) is 22.0. The van der Waals surface area contributed by atoms with Gasteiger partial charge in [0.05, 0.1) is 12.2 Å². The summed E-state index contributed by atoms with van der Waals surface area (Å²) in [7, 11) is 0. The third kappa shape index (κ3) is 4.60. The normalized spacial score (nSPS) is 21.2. The van der Waals surface area contributed by atoms with Gasteiger partial charge in [-0.05, 0) is 51.2 Å². The van der Waals surface area contributed by atoms with E-state index in [1.54, 1.807) is 6.92 Å². The van der Waals surface area contributed by atoms with Crippen LogP contribution in [-0.2, 0) is 16.0 Å².